The van der Waals surface area contributed by atoms with Gasteiger partial charge in [0.15, 0.2) is 0 Å². The molecule has 0 aliphatic carbocycles. The second kappa shape index (κ2) is 5.01. The number of benzene rings is 1. The fourth-order valence-corrected chi connectivity index (χ4v) is 2.84. The van der Waals surface area contributed by atoms with E-state index in [1.165, 1.54) is 0 Å². The van der Waals surface area contributed by atoms with E-state index in [1.54, 1.807) is 30.5 Å². The SMILES string of the molecule is Cc1cc(NS(=O)(=O)c2ccc(C)c(C)c2)ccn1. The van der Waals surface area contributed by atoms with Gasteiger partial charge in [-0.25, -0.2) is 8.42 Å². The molecule has 0 saturated heterocycles. The van der Waals surface area contributed by atoms with Gasteiger partial charge in [-0.3, -0.25) is 9.71 Å². The third-order valence-corrected chi connectivity index (χ3v) is 4.32. The largest absolute Gasteiger partial charge is 0.280 e. The van der Waals surface area contributed by atoms with Crippen molar-refractivity contribution < 1.29 is 8.42 Å². The number of sulfonamides is 1. The molecule has 1 heterocycles. The van der Waals surface area contributed by atoms with Gasteiger partial charge >= 0.3 is 0 Å². The number of hydrogen-bond donors (Lipinski definition) is 1. The van der Waals surface area contributed by atoms with Crippen LogP contribution in [0.15, 0.2) is 41.4 Å². The Labute approximate surface area is 113 Å². The Bertz CT molecular complexity index is 709. The van der Waals surface area contributed by atoms with Crippen molar-refractivity contribution in [1.29, 1.82) is 0 Å². The molecule has 1 N–H and O–H groups in total. The summed E-state index contributed by atoms with van der Waals surface area (Å²) in [6, 6.07) is 8.41. The van der Waals surface area contributed by atoms with Crippen molar-refractivity contribution in [3.63, 3.8) is 0 Å². The predicted molar refractivity (Wildman–Crippen MR) is 75.7 cm³/mol. The molecule has 0 aliphatic heterocycles. The lowest BCUT2D eigenvalue weighted by Gasteiger charge is -2.10. The summed E-state index contributed by atoms with van der Waals surface area (Å²) in [5.74, 6) is 0. The highest BCUT2D eigenvalue weighted by Gasteiger charge is 2.14. The zero-order chi connectivity index (χ0) is 14.0. The van der Waals surface area contributed by atoms with Crippen LogP contribution in [0.5, 0.6) is 0 Å². The quantitative estimate of drug-likeness (QED) is 0.937. The van der Waals surface area contributed by atoms with Crippen LogP contribution in [0.3, 0.4) is 0 Å². The Morgan fingerprint density at radius 1 is 1.00 bits per heavy atom. The maximum Gasteiger partial charge on any atom is 0.261 e. The fourth-order valence-electron chi connectivity index (χ4n) is 1.70. The Balaban J connectivity index is 2.35. The normalized spacial score (nSPS) is 11.3. The van der Waals surface area contributed by atoms with E-state index < -0.39 is 10.0 Å². The van der Waals surface area contributed by atoms with E-state index in [9.17, 15) is 8.42 Å². The summed E-state index contributed by atoms with van der Waals surface area (Å²) in [6.07, 6.45) is 1.58. The molecule has 19 heavy (non-hydrogen) atoms. The zero-order valence-electron chi connectivity index (χ0n) is 11.1. The van der Waals surface area contributed by atoms with Crippen molar-refractivity contribution in [2.75, 3.05) is 4.72 Å². The fraction of sp³-hybridized carbons (Fsp3) is 0.214. The average Bonchev–Trinajstić information content (AvgIpc) is 2.32. The number of nitrogens with one attached hydrogen (secondary N) is 1. The van der Waals surface area contributed by atoms with Crippen LogP contribution in [0.2, 0.25) is 0 Å². The topological polar surface area (TPSA) is 59.1 Å². The van der Waals surface area contributed by atoms with Crippen LogP contribution >= 0.6 is 0 Å². The summed E-state index contributed by atoms with van der Waals surface area (Å²) in [5.41, 5.74) is 3.30. The molecule has 0 amide bonds. The summed E-state index contributed by atoms with van der Waals surface area (Å²) < 4.78 is 27.0. The number of aromatic nitrogens is 1. The van der Waals surface area contributed by atoms with Gasteiger partial charge in [-0.15, -0.1) is 0 Å². The average molecular weight is 276 g/mol. The first-order valence-electron chi connectivity index (χ1n) is 5.91. The van der Waals surface area contributed by atoms with E-state index in [-0.39, 0.29) is 4.90 Å². The van der Waals surface area contributed by atoms with E-state index in [2.05, 4.69) is 9.71 Å². The van der Waals surface area contributed by atoms with Gasteiger partial charge in [0.2, 0.25) is 0 Å². The molecule has 1 aromatic carbocycles. The van der Waals surface area contributed by atoms with Gasteiger partial charge in [0, 0.05) is 11.9 Å². The number of rotatable bonds is 3. The third kappa shape index (κ3) is 3.12. The molecule has 0 radical (unpaired) electrons. The van der Waals surface area contributed by atoms with Crippen LogP contribution in [0.1, 0.15) is 16.8 Å². The summed E-state index contributed by atoms with van der Waals surface area (Å²) in [4.78, 5) is 4.30. The maximum atomic E-state index is 12.2. The van der Waals surface area contributed by atoms with Gasteiger partial charge in [0.05, 0.1) is 10.6 Å². The van der Waals surface area contributed by atoms with Gasteiger partial charge < -0.3 is 0 Å². The van der Waals surface area contributed by atoms with Crippen molar-refractivity contribution in [2.24, 2.45) is 0 Å². The van der Waals surface area contributed by atoms with Crippen molar-refractivity contribution in [3.8, 4) is 0 Å². The van der Waals surface area contributed by atoms with Crippen LogP contribution in [0.4, 0.5) is 5.69 Å². The molecule has 0 spiro atoms. The molecule has 0 unspecified atom stereocenters. The number of pyridine rings is 1. The molecule has 0 bridgehead atoms. The first-order chi connectivity index (χ1) is 8.88. The monoisotopic (exact) mass is 276 g/mol. The molecule has 0 fully saturated rings. The number of aryl methyl sites for hydroxylation is 3. The molecule has 2 rings (SSSR count). The molecule has 2 aromatic rings. The Hall–Kier alpha value is -1.88. The Kier molecular flexibility index (Phi) is 3.57. The highest BCUT2D eigenvalue weighted by molar-refractivity contribution is 7.92. The van der Waals surface area contributed by atoms with Crippen LogP contribution in [-0.2, 0) is 10.0 Å². The molecular formula is C14H16N2O2S. The summed E-state index contributed by atoms with van der Waals surface area (Å²) in [7, 11) is -3.55. The van der Waals surface area contributed by atoms with Crippen LogP contribution < -0.4 is 4.72 Å². The molecule has 0 atom stereocenters. The number of hydrogen-bond acceptors (Lipinski definition) is 3. The standard InChI is InChI=1S/C14H16N2O2S/c1-10-4-5-14(8-11(10)2)19(17,18)16-13-6-7-15-12(3)9-13/h4-9H,1-3H3,(H,15,16). The minimum atomic E-state index is -3.55. The van der Waals surface area contributed by atoms with Gasteiger partial charge in [-0.2, -0.15) is 0 Å². The zero-order valence-corrected chi connectivity index (χ0v) is 12.0. The van der Waals surface area contributed by atoms with E-state index in [0.717, 1.165) is 16.8 Å². The lowest BCUT2D eigenvalue weighted by atomic mass is 10.1. The molecule has 100 valence electrons. The molecule has 5 heteroatoms. The summed E-state index contributed by atoms with van der Waals surface area (Å²) in [5, 5.41) is 0. The minimum absolute atomic E-state index is 0.269. The van der Waals surface area contributed by atoms with Crippen molar-refractivity contribution in [2.45, 2.75) is 25.7 Å². The molecule has 4 nitrogen and oxygen atoms in total. The highest BCUT2D eigenvalue weighted by Crippen LogP contribution is 2.18. The van der Waals surface area contributed by atoms with Crippen molar-refractivity contribution in [3.05, 3.63) is 53.3 Å². The molecular weight excluding hydrogens is 260 g/mol. The number of anilines is 1. The van der Waals surface area contributed by atoms with Gasteiger partial charge in [-0.05, 0) is 56.2 Å². The van der Waals surface area contributed by atoms with Gasteiger partial charge in [0.25, 0.3) is 10.0 Å². The first-order valence-corrected chi connectivity index (χ1v) is 7.39. The Morgan fingerprint density at radius 3 is 2.37 bits per heavy atom. The lowest BCUT2D eigenvalue weighted by molar-refractivity contribution is 0.601. The smallest absolute Gasteiger partial charge is 0.261 e. The van der Waals surface area contributed by atoms with E-state index >= 15 is 0 Å². The molecule has 0 aliphatic rings. The maximum absolute atomic E-state index is 12.2. The second-order valence-electron chi connectivity index (χ2n) is 4.54. The number of nitrogens with zero attached hydrogens (tertiary/aromatic N) is 1. The van der Waals surface area contributed by atoms with E-state index in [1.807, 2.05) is 26.8 Å². The van der Waals surface area contributed by atoms with Crippen LogP contribution in [-0.4, -0.2) is 13.4 Å². The summed E-state index contributed by atoms with van der Waals surface area (Å²) in [6.45, 7) is 5.66. The first kappa shape index (κ1) is 13.5. The summed E-state index contributed by atoms with van der Waals surface area (Å²) >= 11 is 0. The predicted octanol–water partition coefficient (Wildman–Crippen LogP) is 2.81. The van der Waals surface area contributed by atoms with Gasteiger partial charge in [-0.1, -0.05) is 6.07 Å². The lowest BCUT2D eigenvalue weighted by Crippen LogP contribution is -2.13. The van der Waals surface area contributed by atoms with Crippen molar-refractivity contribution >= 4 is 15.7 Å². The third-order valence-electron chi connectivity index (χ3n) is 2.94. The van der Waals surface area contributed by atoms with E-state index in [0.29, 0.717) is 5.69 Å². The van der Waals surface area contributed by atoms with Crippen LogP contribution in [0.25, 0.3) is 0 Å². The second-order valence-corrected chi connectivity index (χ2v) is 6.22. The van der Waals surface area contributed by atoms with Crippen LogP contribution in [0, 0.1) is 20.8 Å². The van der Waals surface area contributed by atoms with E-state index in [4.69, 9.17) is 0 Å². The molecule has 1 aromatic heterocycles. The minimum Gasteiger partial charge on any atom is -0.280 e. The van der Waals surface area contributed by atoms with Gasteiger partial charge in [0.1, 0.15) is 0 Å². The Morgan fingerprint density at radius 2 is 1.74 bits per heavy atom. The molecule has 0 saturated carbocycles. The van der Waals surface area contributed by atoms with Crippen molar-refractivity contribution in [1.82, 2.24) is 4.98 Å². The highest BCUT2D eigenvalue weighted by atomic mass is 32.2.